The van der Waals surface area contributed by atoms with E-state index in [0.29, 0.717) is 38.6 Å². The van der Waals surface area contributed by atoms with Gasteiger partial charge in [-0.1, -0.05) is 25.1 Å². The third-order valence-electron chi connectivity index (χ3n) is 3.31. The number of amides is 1. The van der Waals surface area contributed by atoms with E-state index < -0.39 is 6.10 Å². The lowest BCUT2D eigenvalue weighted by Gasteiger charge is -2.29. The Balaban J connectivity index is 2.06. The number of nitrogen functional groups attached to an aromatic ring is 1. The zero-order chi connectivity index (χ0) is 14.4. The lowest BCUT2D eigenvalue weighted by Crippen LogP contribution is -2.45. The van der Waals surface area contributed by atoms with Gasteiger partial charge in [0.25, 0.3) is 5.91 Å². The van der Waals surface area contributed by atoms with Crippen LogP contribution in [-0.4, -0.2) is 43.3 Å². The van der Waals surface area contributed by atoms with E-state index in [9.17, 15) is 4.79 Å². The van der Waals surface area contributed by atoms with Gasteiger partial charge in [0, 0.05) is 18.8 Å². The van der Waals surface area contributed by atoms with Gasteiger partial charge in [-0.15, -0.1) is 0 Å². The maximum absolute atomic E-state index is 12.5. The second-order valence-corrected chi connectivity index (χ2v) is 4.89. The van der Waals surface area contributed by atoms with Crippen LogP contribution in [0.1, 0.15) is 18.9 Å². The molecule has 0 aromatic heterocycles. The lowest BCUT2D eigenvalue weighted by molar-refractivity contribution is -0.158. The summed E-state index contributed by atoms with van der Waals surface area (Å²) in [4.78, 5) is 14.3. The molecule has 110 valence electrons. The van der Waals surface area contributed by atoms with Crippen LogP contribution in [0.5, 0.6) is 0 Å². The first-order valence-electron chi connectivity index (χ1n) is 7.04. The molecular weight excluding hydrogens is 256 g/mol. The van der Waals surface area contributed by atoms with Gasteiger partial charge >= 0.3 is 0 Å². The molecule has 0 spiro atoms. The number of nitrogens with two attached hydrogens (primary N) is 1. The first-order chi connectivity index (χ1) is 9.72. The molecule has 0 radical (unpaired) electrons. The number of ether oxygens (including phenoxy) is 2. The highest BCUT2D eigenvalue weighted by molar-refractivity contribution is 5.81. The molecule has 5 nitrogen and oxygen atoms in total. The molecule has 5 heteroatoms. The first-order valence-corrected chi connectivity index (χ1v) is 7.04. The highest BCUT2D eigenvalue weighted by Gasteiger charge is 2.27. The zero-order valence-electron chi connectivity index (χ0n) is 11.9. The molecule has 0 bridgehead atoms. The number of carbonyl (C=O) groups is 1. The van der Waals surface area contributed by atoms with Crippen molar-refractivity contribution in [3.05, 3.63) is 29.8 Å². The van der Waals surface area contributed by atoms with Gasteiger partial charge in [-0.3, -0.25) is 4.79 Å². The molecule has 1 fully saturated rings. The van der Waals surface area contributed by atoms with Crippen molar-refractivity contribution in [1.82, 2.24) is 4.90 Å². The van der Waals surface area contributed by atoms with Crippen LogP contribution in [0.25, 0.3) is 0 Å². The molecule has 1 aromatic rings. The number of rotatable bonds is 5. The quantitative estimate of drug-likeness (QED) is 0.827. The summed E-state index contributed by atoms with van der Waals surface area (Å²) in [5.74, 6) is -0.0187. The van der Waals surface area contributed by atoms with Crippen molar-refractivity contribution in [2.75, 3.05) is 32.1 Å². The summed E-state index contributed by atoms with van der Waals surface area (Å²) in [5.41, 5.74) is 7.62. The molecule has 0 saturated carbocycles. The van der Waals surface area contributed by atoms with Gasteiger partial charge in [0.1, 0.15) is 0 Å². The molecule has 2 N–H and O–H groups in total. The van der Waals surface area contributed by atoms with Crippen molar-refractivity contribution in [2.45, 2.75) is 26.0 Å². The molecule has 1 atom stereocenters. The van der Waals surface area contributed by atoms with E-state index in [1.54, 1.807) is 4.90 Å². The standard InChI is InChI=1S/C15H22N2O3/c1-2-7-17(10-12-5-3-4-6-13(12)16)15(18)14-11-19-8-9-20-14/h3-6,14H,2,7-11,16H2,1H3. The minimum atomic E-state index is -0.486. The molecule has 1 amide bonds. The normalized spacial score (nSPS) is 18.8. The van der Waals surface area contributed by atoms with E-state index in [-0.39, 0.29) is 5.91 Å². The van der Waals surface area contributed by atoms with E-state index in [4.69, 9.17) is 15.2 Å². The van der Waals surface area contributed by atoms with Gasteiger partial charge in [-0.25, -0.2) is 0 Å². The van der Waals surface area contributed by atoms with Crippen LogP contribution in [0.2, 0.25) is 0 Å². The van der Waals surface area contributed by atoms with Crippen LogP contribution in [0.3, 0.4) is 0 Å². The van der Waals surface area contributed by atoms with Gasteiger partial charge in [0.2, 0.25) is 0 Å². The molecule has 1 aromatic carbocycles. The van der Waals surface area contributed by atoms with E-state index in [1.165, 1.54) is 0 Å². The fraction of sp³-hybridized carbons (Fsp3) is 0.533. The summed E-state index contributed by atoms with van der Waals surface area (Å²) in [5, 5.41) is 0. The number of para-hydroxylation sites is 1. The van der Waals surface area contributed by atoms with Crippen molar-refractivity contribution in [2.24, 2.45) is 0 Å². The molecule has 1 unspecified atom stereocenters. The highest BCUT2D eigenvalue weighted by atomic mass is 16.6. The largest absolute Gasteiger partial charge is 0.398 e. The average Bonchev–Trinajstić information content (AvgIpc) is 2.49. The third kappa shape index (κ3) is 3.71. The molecule has 0 aliphatic carbocycles. The van der Waals surface area contributed by atoms with Crippen molar-refractivity contribution in [1.29, 1.82) is 0 Å². The van der Waals surface area contributed by atoms with Gasteiger partial charge in [0.05, 0.1) is 19.8 Å². The number of carbonyl (C=O) groups excluding carboxylic acids is 1. The fourth-order valence-electron chi connectivity index (χ4n) is 2.25. The summed E-state index contributed by atoms with van der Waals surface area (Å²) >= 11 is 0. The second-order valence-electron chi connectivity index (χ2n) is 4.89. The molecular formula is C15H22N2O3. The Kier molecular flexibility index (Phi) is 5.38. The monoisotopic (exact) mass is 278 g/mol. The van der Waals surface area contributed by atoms with Gasteiger partial charge in [-0.05, 0) is 18.1 Å². The van der Waals surface area contributed by atoms with Crippen LogP contribution >= 0.6 is 0 Å². The highest BCUT2D eigenvalue weighted by Crippen LogP contribution is 2.15. The summed E-state index contributed by atoms with van der Waals surface area (Å²) in [6, 6.07) is 7.62. The van der Waals surface area contributed by atoms with E-state index in [2.05, 4.69) is 0 Å². The average molecular weight is 278 g/mol. The molecule has 1 aliphatic heterocycles. The first kappa shape index (κ1) is 14.8. The molecule has 1 aliphatic rings. The summed E-state index contributed by atoms with van der Waals surface area (Å²) in [6.07, 6.45) is 0.409. The summed E-state index contributed by atoms with van der Waals surface area (Å²) < 4.78 is 10.8. The Morgan fingerprint density at radius 2 is 2.20 bits per heavy atom. The fourth-order valence-corrected chi connectivity index (χ4v) is 2.25. The van der Waals surface area contributed by atoms with Crippen LogP contribution in [0, 0.1) is 0 Å². The SMILES string of the molecule is CCCN(Cc1ccccc1N)C(=O)C1COCCO1. The number of nitrogens with zero attached hydrogens (tertiary/aromatic N) is 1. The van der Waals surface area contributed by atoms with Crippen LogP contribution in [0.15, 0.2) is 24.3 Å². The van der Waals surface area contributed by atoms with Crippen LogP contribution < -0.4 is 5.73 Å². The number of benzene rings is 1. The predicted molar refractivity (Wildman–Crippen MR) is 77.1 cm³/mol. The number of hydrogen-bond acceptors (Lipinski definition) is 4. The van der Waals surface area contributed by atoms with E-state index >= 15 is 0 Å². The topological polar surface area (TPSA) is 64.8 Å². The third-order valence-corrected chi connectivity index (χ3v) is 3.31. The van der Waals surface area contributed by atoms with Crippen LogP contribution in [-0.2, 0) is 20.8 Å². The molecule has 1 heterocycles. The smallest absolute Gasteiger partial charge is 0.254 e. The Hall–Kier alpha value is -1.59. The molecule has 2 rings (SSSR count). The van der Waals surface area contributed by atoms with E-state index in [1.807, 2.05) is 31.2 Å². The van der Waals surface area contributed by atoms with Gasteiger partial charge < -0.3 is 20.1 Å². The second kappa shape index (κ2) is 7.26. The van der Waals surface area contributed by atoms with Crippen molar-refractivity contribution in [3.63, 3.8) is 0 Å². The Morgan fingerprint density at radius 1 is 1.40 bits per heavy atom. The van der Waals surface area contributed by atoms with Crippen molar-refractivity contribution < 1.29 is 14.3 Å². The van der Waals surface area contributed by atoms with E-state index in [0.717, 1.165) is 12.0 Å². The molecule has 1 saturated heterocycles. The predicted octanol–water partition coefficient (Wildman–Crippen LogP) is 1.42. The van der Waals surface area contributed by atoms with Gasteiger partial charge in [-0.2, -0.15) is 0 Å². The maximum Gasteiger partial charge on any atom is 0.254 e. The summed E-state index contributed by atoms with van der Waals surface area (Å²) in [7, 11) is 0. The Bertz CT molecular complexity index is 444. The minimum Gasteiger partial charge on any atom is -0.398 e. The minimum absolute atomic E-state index is 0.0187. The maximum atomic E-state index is 12.5. The zero-order valence-corrected chi connectivity index (χ0v) is 11.9. The number of anilines is 1. The van der Waals surface area contributed by atoms with Crippen molar-refractivity contribution >= 4 is 11.6 Å². The number of hydrogen-bond donors (Lipinski definition) is 1. The lowest BCUT2D eigenvalue weighted by atomic mass is 10.1. The Morgan fingerprint density at radius 3 is 2.85 bits per heavy atom. The summed E-state index contributed by atoms with van der Waals surface area (Å²) in [6.45, 7) is 4.62. The van der Waals surface area contributed by atoms with Crippen LogP contribution in [0.4, 0.5) is 5.69 Å². The Labute approximate surface area is 119 Å². The van der Waals surface area contributed by atoms with Gasteiger partial charge in [0.15, 0.2) is 6.10 Å². The van der Waals surface area contributed by atoms with Crippen molar-refractivity contribution in [3.8, 4) is 0 Å². The molecule has 20 heavy (non-hydrogen) atoms.